The number of hydrogen-bond donors (Lipinski definition) is 1. The van der Waals surface area contributed by atoms with E-state index < -0.39 is 11.9 Å². The quantitative estimate of drug-likeness (QED) is 0.921. The first-order chi connectivity index (χ1) is 9.97. The average molecular weight is 328 g/mol. The molecule has 3 rings (SSSR count). The Morgan fingerprint density at radius 2 is 2.19 bits per heavy atom. The number of thiophene rings is 1. The summed E-state index contributed by atoms with van der Waals surface area (Å²) in [5, 5.41) is 9.92. The summed E-state index contributed by atoms with van der Waals surface area (Å²) >= 11 is 7.34. The zero-order valence-corrected chi connectivity index (χ0v) is 12.4. The van der Waals surface area contributed by atoms with Crippen molar-refractivity contribution >= 4 is 44.9 Å². The molecule has 1 amide bonds. The molecule has 1 saturated heterocycles. The highest BCUT2D eigenvalue weighted by Gasteiger charge is 2.33. The summed E-state index contributed by atoms with van der Waals surface area (Å²) in [7, 11) is 0. The zero-order chi connectivity index (χ0) is 15.1. The number of fused-ring (bicyclic) bond motifs is 1. The van der Waals surface area contributed by atoms with E-state index in [1.807, 2.05) is 0 Å². The van der Waals surface area contributed by atoms with Gasteiger partial charge in [0.05, 0.1) is 10.9 Å². The molecule has 2 heterocycles. The number of nitrogens with zero attached hydrogens (tertiary/aromatic N) is 1. The highest BCUT2D eigenvalue weighted by Crippen LogP contribution is 2.37. The number of carboxylic acids is 1. The standard InChI is InChI=1S/C14H11ClFNO3S/c15-11-9-2-1-8(16)5-10(9)21-12(11)13(18)17-4-3-7(6-17)14(19)20/h1-2,5,7H,3-4,6H2,(H,19,20). The predicted octanol–water partition coefficient (Wildman–Crippen LogP) is 3.24. The number of carbonyl (C=O) groups excluding carboxylic acids is 1. The minimum absolute atomic E-state index is 0.188. The average Bonchev–Trinajstić information content (AvgIpc) is 3.03. The minimum atomic E-state index is -0.894. The van der Waals surface area contributed by atoms with Gasteiger partial charge in [-0.15, -0.1) is 11.3 Å². The molecular formula is C14H11ClFNO3S. The molecule has 1 aliphatic rings. The zero-order valence-electron chi connectivity index (χ0n) is 10.8. The van der Waals surface area contributed by atoms with Crippen molar-refractivity contribution in [2.75, 3.05) is 13.1 Å². The molecule has 0 aliphatic carbocycles. The maximum absolute atomic E-state index is 13.2. The molecule has 21 heavy (non-hydrogen) atoms. The fourth-order valence-electron chi connectivity index (χ4n) is 2.47. The van der Waals surface area contributed by atoms with Gasteiger partial charge in [-0.25, -0.2) is 4.39 Å². The summed E-state index contributed by atoms with van der Waals surface area (Å²) in [5.41, 5.74) is 0. The first-order valence-electron chi connectivity index (χ1n) is 6.37. The van der Waals surface area contributed by atoms with Crippen molar-refractivity contribution < 1.29 is 19.1 Å². The number of hydrogen-bond acceptors (Lipinski definition) is 3. The van der Waals surface area contributed by atoms with E-state index in [-0.39, 0.29) is 18.3 Å². The molecule has 0 radical (unpaired) electrons. The van der Waals surface area contributed by atoms with Crippen LogP contribution in [0.2, 0.25) is 5.02 Å². The normalized spacial score (nSPS) is 18.4. The van der Waals surface area contributed by atoms with Crippen LogP contribution in [0.1, 0.15) is 16.1 Å². The molecule has 1 fully saturated rings. The van der Waals surface area contributed by atoms with Crippen LogP contribution < -0.4 is 0 Å². The molecule has 1 aromatic heterocycles. The number of aliphatic carboxylic acids is 1. The molecule has 1 aromatic carbocycles. The Hall–Kier alpha value is -1.66. The number of halogens is 2. The van der Waals surface area contributed by atoms with Crippen LogP contribution in [-0.4, -0.2) is 35.0 Å². The van der Waals surface area contributed by atoms with Crippen LogP contribution in [0.25, 0.3) is 10.1 Å². The number of carboxylic acid groups (broad SMARTS) is 1. The van der Waals surface area contributed by atoms with Crippen molar-refractivity contribution in [2.45, 2.75) is 6.42 Å². The van der Waals surface area contributed by atoms with Gasteiger partial charge in [0.25, 0.3) is 5.91 Å². The van der Waals surface area contributed by atoms with Crippen molar-refractivity contribution in [2.24, 2.45) is 5.92 Å². The van der Waals surface area contributed by atoms with Crippen LogP contribution in [0.3, 0.4) is 0 Å². The first kappa shape index (κ1) is 14.3. The van der Waals surface area contributed by atoms with Crippen molar-refractivity contribution in [3.05, 3.63) is 33.9 Å². The maximum atomic E-state index is 13.2. The van der Waals surface area contributed by atoms with Crippen LogP contribution in [0.5, 0.6) is 0 Å². The van der Waals surface area contributed by atoms with Crippen molar-refractivity contribution in [1.29, 1.82) is 0 Å². The smallest absolute Gasteiger partial charge is 0.308 e. The highest BCUT2D eigenvalue weighted by atomic mass is 35.5. The van der Waals surface area contributed by atoms with Gasteiger partial charge in [-0.1, -0.05) is 11.6 Å². The van der Waals surface area contributed by atoms with E-state index in [1.165, 1.54) is 17.0 Å². The van der Waals surface area contributed by atoms with Gasteiger partial charge in [-0.2, -0.15) is 0 Å². The van der Waals surface area contributed by atoms with Gasteiger partial charge in [-0.3, -0.25) is 9.59 Å². The molecule has 1 atom stereocenters. The lowest BCUT2D eigenvalue weighted by Crippen LogP contribution is -2.29. The summed E-state index contributed by atoms with van der Waals surface area (Å²) in [6, 6.07) is 4.18. The molecular weight excluding hydrogens is 317 g/mol. The largest absolute Gasteiger partial charge is 0.481 e. The number of carbonyl (C=O) groups is 2. The monoisotopic (exact) mass is 327 g/mol. The third-order valence-corrected chi connectivity index (χ3v) is 5.26. The summed E-state index contributed by atoms with van der Waals surface area (Å²) in [5.74, 6) is -2.09. The van der Waals surface area contributed by atoms with Crippen LogP contribution >= 0.6 is 22.9 Å². The van der Waals surface area contributed by atoms with Crippen LogP contribution in [-0.2, 0) is 4.79 Å². The predicted molar refractivity (Wildman–Crippen MR) is 78.4 cm³/mol. The molecule has 1 N–H and O–H groups in total. The maximum Gasteiger partial charge on any atom is 0.308 e. The molecule has 110 valence electrons. The van der Waals surface area contributed by atoms with Crippen LogP contribution in [0.15, 0.2) is 18.2 Å². The molecule has 0 spiro atoms. The highest BCUT2D eigenvalue weighted by molar-refractivity contribution is 7.21. The second kappa shape index (κ2) is 5.27. The fourth-order valence-corrected chi connectivity index (χ4v) is 3.97. The molecule has 0 bridgehead atoms. The SMILES string of the molecule is O=C(O)C1CCN(C(=O)c2sc3cc(F)ccc3c2Cl)C1. The topological polar surface area (TPSA) is 57.6 Å². The van der Waals surface area contributed by atoms with E-state index in [1.54, 1.807) is 6.07 Å². The van der Waals surface area contributed by atoms with Gasteiger partial charge in [0.2, 0.25) is 0 Å². The molecule has 0 saturated carbocycles. The van der Waals surface area contributed by atoms with Gasteiger partial charge >= 0.3 is 5.97 Å². The molecule has 4 nitrogen and oxygen atoms in total. The first-order valence-corrected chi connectivity index (χ1v) is 7.56. The molecule has 7 heteroatoms. The Morgan fingerprint density at radius 3 is 2.86 bits per heavy atom. The van der Waals surface area contributed by atoms with Crippen molar-refractivity contribution in [1.82, 2.24) is 4.90 Å². The number of benzene rings is 1. The van der Waals surface area contributed by atoms with Crippen molar-refractivity contribution in [3.63, 3.8) is 0 Å². The van der Waals surface area contributed by atoms with Gasteiger partial charge < -0.3 is 10.0 Å². The second-order valence-electron chi connectivity index (χ2n) is 4.96. The number of rotatable bonds is 2. The Bertz CT molecular complexity index is 745. The van der Waals surface area contributed by atoms with Gasteiger partial charge in [0.15, 0.2) is 0 Å². The van der Waals surface area contributed by atoms with E-state index >= 15 is 0 Å². The summed E-state index contributed by atoms with van der Waals surface area (Å²) < 4.78 is 13.8. The second-order valence-corrected chi connectivity index (χ2v) is 6.39. The third kappa shape index (κ3) is 2.49. The Kier molecular flexibility index (Phi) is 3.59. The Balaban J connectivity index is 1.92. The minimum Gasteiger partial charge on any atom is -0.481 e. The van der Waals surface area contributed by atoms with E-state index in [0.717, 1.165) is 11.3 Å². The summed E-state index contributed by atoms with van der Waals surface area (Å²) in [6.45, 7) is 0.585. The Morgan fingerprint density at radius 1 is 1.43 bits per heavy atom. The van der Waals surface area contributed by atoms with Gasteiger partial charge in [0.1, 0.15) is 10.7 Å². The lowest BCUT2D eigenvalue weighted by atomic mass is 10.1. The van der Waals surface area contributed by atoms with E-state index in [0.29, 0.717) is 33.0 Å². The summed E-state index contributed by atoms with van der Waals surface area (Å²) in [4.78, 5) is 25.2. The molecule has 2 aromatic rings. The van der Waals surface area contributed by atoms with Gasteiger partial charge in [-0.05, 0) is 24.6 Å². The van der Waals surface area contributed by atoms with Gasteiger partial charge in [0, 0.05) is 23.2 Å². The molecule has 1 unspecified atom stereocenters. The fraction of sp³-hybridized carbons (Fsp3) is 0.286. The van der Waals surface area contributed by atoms with Crippen LogP contribution in [0.4, 0.5) is 4.39 Å². The number of amides is 1. The summed E-state index contributed by atoms with van der Waals surface area (Å²) in [6.07, 6.45) is 0.443. The number of likely N-dealkylation sites (tertiary alicyclic amines) is 1. The Labute approximate surface area is 128 Å². The molecule has 1 aliphatic heterocycles. The van der Waals surface area contributed by atoms with Crippen molar-refractivity contribution in [3.8, 4) is 0 Å². The van der Waals surface area contributed by atoms with E-state index in [2.05, 4.69) is 0 Å². The lowest BCUT2D eigenvalue weighted by molar-refractivity contribution is -0.141. The van der Waals surface area contributed by atoms with Crippen LogP contribution in [0, 0.1) is 11.7 Å². The third-order valence-electron chi connectivity index (χ3n) is 3.61. The van der Waals surface area contributed by atoms with E-state index in [9.17, 15) is 14.0 Å². The van der Waals surface area contributed by atoms with E-state index in [4.69, 9.17) is 16.7 Å². The lowest BCUT2D eigenvalue weighted by Gasteiger charge is -2.14.